The first-order chi connectivity index (χ1) is 12.9. The Morgan fingerprint density at radius 1 is 0.769 bits per heavy atom. The number of hydrogen-bond acceptors (Lipinski definition) is 5. The minimum Gasteiger partial charge on any atom is -0.296 e. The van der Waals surface area contributed by atoms with Gasteiger partial charge in [0.1, 0.15) is 0 Å². The predicted molar refractivity (Wildman–Crippen MR) is 114 cm³/mol. The molecule has 0 N–H and O–H groups in total. The minimum absolute atomic E-state index is 0.926. The molecule has 3 aromatic rings. The number of thioether (sulfide) groups is 2. The Morgan fingerprint density at radius 2 is 1.50 bits per heavy atom. The lowest BCUT2D eigenvalue weighted by Gasteiger charge is -2.22. The highest BCUT2D eigenvalue weighted by Crippen LogP contribution is 2.18. The van der Waals surface area contributed by atoms with E-state index >= 15 is 0 Å². The summed E-state index contributed by atoms with van der Waals surface area (Å²) in [5.41, 5.74) is 4.66. The van der Waals surface area contributed by atoms with E-state index in [1.54, 1.807) is 0 Å². The molecule has 1 aliphatic rings. The lowest BCUT2D eigenvalue weighted by atomic mass is 10.2. The zero-order chi connectivity index (χ0) is 17.6. The molecule has 134 valence electrons. The average Bonchev–Trinajstić information content (AvgIpc) is 2.67. The summed E-state index contributed by atoms with van der Waals surface area (Å²) in [6.07, 6.45) is 0. The lowest BCUT2D eigenvalue weighted by molar-refractivity contribution is 0.297. The molecule has 2 bridgehead atoms. The summed E-state index contributed by atoms with van der Waals surface area (Å²) in [6.45, 7) is 3.12. The van der Waals surface area contributed by atoms with E-state index in [2.05, 4.69) is 59.5 Å². The van der Waals surface area contributed by atoms with Crippen LogP contribution in [0.5, 0.6) is 0 Å². The van der Waals surface area contributed by atoms with Gasteiger partial charge in [-0.05, 0) is 24.3 Å². The van der Waals surface area contributed by atoms with Crippen LogP contribution >= 0.6 is 23.5 Å². The quantitative estimate of drug-likeness (QED) is 0.646. The Hall–Kier alpha value is -1.56. The first kappa shape index (κ1) is 17.8. The molecule has 0 aliphatic carbocycles. The van der Waals surface area contributed by atoms with Gasteiger partial charge in [-0.2, -0.15) is 23.5 Å². The Morgan fingerprint density at radius 3 is 2.27 bits per heavy atom. The van der Waals surface area contributed by atoms with Crippen LogP contribution in [-0.2, 0) is 18.1 Å². The second kappa shape index (κ2) is 8.89. The van der Waals surface area contributed by atoms with E-state index in [9.17, 15) is 0 Å². The van der Waals surface area contributed by atoms with E-state index < -0.39 is 0 Å². The third-order valence-corrected chi connectivity index (χ3v) is 6.45. The highest BCUT2D eigenvalue weighted by molar-refractivity contribution is 7.98. The normalized spacial score (nSPS) is 16.8. The largest absolute Gasteiger partial charge is 0.296 e. The Bertz CT molecular complexity index is 841. The molecular weight excluding hydrogens is 358 g/mol. The number of hydrogen-bond donors (Lipinski definition) is 0. The van der Waals surface area contributed by atoms with Crippen molar-refractivity contribution >= 4 is 34.4 Å². The summed E-state index contributed by atoms with van der Waals surface area (Å²) in [4.78, 5) is 12.2. The van der Waals surface area contributed by atoms with E-state index in [4.69, 9.17) is 9.97 Å². The molecule has 3 heterocycles. The van der Waals surface area contributed by atoms with E-state index in [-0.39, 0.29) is 0 Å². The fraction of sp³-hybridized carbons (Fsp3) is 0.333. The third-order valence-electron chi connectivity index (χ3n) is 4.51. The van der Waals surface area contributed by atoms with Crippen LogP contribution < -0.4 is 0 Å². The summed E-state index contributed by atoms with van der Waals surface area (Å²) in [5, 5.41) is 1.21. The van der Waals surface area contributed by atoms with Crippen LogP contribution in [-0.4, -0.2) is 39.5 Å². The van der Waals surface area contributed by atoms with Gasteiger partial charge in [0.2, 0.25) is 0 Å². The van der Waals surface area contributed by atoms with E-state index in [1.807, 2.05) is 23.5 Å². The number of rotatable bonds is 2. The topological polar surface area (TPSA) is 29.0 Å². The van der Waals surface area contributed by atoms with Crippen LogP contribution in [0.3, 0.4) is 0 Å². The maximum atomic E-state index is 4.85. The van der Waals surface area contributed by atoms with Gasteiger partial charge in [0.05, 0.1) is 22.6 Å². The van der Waals surface area contributed by atoms with Crippen molar-refractivity contribution in [2.45, 2.75) is 18.1 Å². The van der Waals surface area contributed by atoms with Gasteiger partial charge in [0.15, 0.2) is 0 Å². The average molecular weight is 382 g/mol. The molecule has 0 spiro atoms. The molecule has 1 aromatic carbocycles. The number of pyridine rings is 2. The number of fused-ring (bicyclic) bond motifs is 3. The SMILES string of the molecule is c1cc2nc(c1)CSCCN(Cc1ccc3ccccc3n1)CCSC2. The van der Waals surface area contributed by atoms with Gasteiger partial charge in [-0.3, -0.25) is 14.9 Å². The van der Waals surface area contributed by atoms with Crippen molar-refractivity contribution in [3.8, 4) is 0 Å². The Labute approximate surface area is 163 Å². The van der Waals surface area contributed by atoms with Crippen LogP contribution in [0.4, 0.5) is 0 Å². The van der Waals surface area contributed by atoms with Gasteiger partial charge in [-0.25, -0.2) is 0 Å². The Balaban J connectivity index is 1.42. The van der Waals surface area contributed by atoms with Crippen LogP contribution in [0.1, 0.15) is 17.1 Å². The van der Waals surface area contributed by atoms with E-state index in [1.165, 1.54) is 16.8 Å². The maximum absolute atomic E-state index is 4.85. The van der Waals surface area contributed by atoms with E-state index in [0.29, 0.717) is 0 Å². The lowest BCUT2D eigenvalue weighted by Crippen LogP contribution is -2.28. The molecule has 2 aromatic heterocycles. The zero-order valence-corrected chi connectivity index (χ0v) is 16.4. The molecule has 3 nitrogen and oxygen atoms in total. The first-order valence-corrected chi connectivity index (χ1v) is 11.3. The fourth-order valence-corrected chi connectivity index (χ4v) is 4.93. The molecule has 0 radical (unpaired) electrons. The van der Waals surface area contributed by atoms with Crippen LogP contribution in [0, 0.1) is 0 Å². The van der Waals surface area contributed by atoms with E-state index in [0.717, 1.165) is 53.9 Å². The second-order valence-electron chi connectivity index (χ2n) is 6.50. The van der Waals surface area contributed by atoms with Crippen LogP contribution in [0.2, 0.25) is 0 Å². The van der Waals surface area contributed by atoms with Gasteiger partial charge >= 0.3 is 0 Å². The van der Waals surface area contributed by atoms with Gasteiger partial charge < -0.3 is 0 Å². The van der Waals surface area contributed by atoms with Crippen LogP contribution in [0.25, 0.3) is 10.9 Å². The van der Waals surface area contributed by atoms with Crippen molar-refractivity contribution in [1.82, 2.24) is 14.9 Å². The predicted octanol–water partition coefficient (Wildman–Crippen LogP) is 4.61. The van der Waals surface area contributed by atoms with Crippen molar-refractivity contribution < 1.29 is 0 Å². The maximum Gasteiger partial charge on any atom is 0.0705 e. The van der Waals surface area contributed by atoms with Crippen LogP contribution in [0.15, 0.2) is 54.6 Å². The fourth-order valence-electron chi connectivity index (χ4n) is 3.13. The number of benzene rings is 1. The first-order valence-electron chi connectivity index (χ1n) is 9.04. The molecule has 0 saturated heterocycles. The monoisotopic (exact) mass is 381 g/mol. The molecule has 0 fully saturated rings. The summed E-state index contributed by atoms with van der Waals surface area (Å²) in [6, 6.07) is 19.1. The summed E-state index contributed by atoms with van der Waals surface area (Å²) >= 11 is 3.95. The molecule has 0 saturated carbocycles. The molecule has 4 rings (SSSR count). The summed E-state index contributed by atoms with van der Waals surface area (Å²) in [7, 11) is 0. The van der Waals surface area contributed by atoms with Crippen molar-refractivity contribution in [3.63, 3.8) is 0 Å². The number of aromatic nitrogens is 2. The molecule has 0 amide bonds. The third kappa shape index (κ3) is 4.78. The van der Waals surface area contributed by atoms with Crippen molar-refractivity contribution in [2.24, 2.45) is 0 Å². The molecule has 0 atom stereocenters. The smallest absolute Gasteiger partial charge is 0.0705 e. The van der Waals surface area contributed by atoms with Gasteiger partial charge in [0.25, 0.3) is 0 Å². The molecule has 26 heavy (non-hydrogen) atoms. The zero-order valence-electron chi connectivity index (χ0n) is 14.8. The van der Waals surface area contributed by atoms with Crippen molar-refractivity contribution in [2.75, 3.05) is 24.6 Å². The van der Waals surface area contributed by atoms with Gasteiger partial charge in [-0.15, -0.1) is 0 Å². The highest BCUT2D eigenvalue weighted by Gasteiger charge is 2.10. The summed E-state index contributed by atoms with van der Waals surface area (Å²) in [5.74, 6) is 4.26. The highest BCUT2D eigenvalue weighted by atomic mass is 32.2. The van der Waals surface area contributed by atoms with Crippen molar-refractivity contribution in [1.29, 1.82) is 0 Å². The second-order valence-corrected chi connectivity index (χ2v) is 8.71. The van der Waals surface area contributed by atoms with Gasteiger partial charge in [0, 0.05) is 48.0 Å². The standard InChI is InChI=1S/C21H23N3S2/c1-2-7-21-17(4-1)8-9-18(23-21)14-24-10-12-25-15-19-5-3-6-20(22-19)16-26-13-11-24/h1-9H,10-16H2. The molecule has 1 aliphatic heterocycles. The molecule has 5 heteroatoms. The van der Waals surface area contributed by atoms with Crippen molar-refractivity contribution in [3.05, 3.63) is 71.7 Å². The number of para-hydroxylation sites is 1. The molecular formula is C21H23N3S2. The number of nitrogens with zero attached hydrogens (tertiary/aromatic N) is 3. The summed E-state index contributed by atoms with van der Waals surface area (Å²) < 4.78 is 0. The Kier molecular flexibility index (Phi) is 6.10. The minimum atomic E-state index is 0.926. The van der Waals surface area contributed by atoms with Gasteiger partial charge in [-0.1, -0.05) is 30.3 Å². The molecule has 0 unspecified atom stereocenters.